The predicted octanol–water partition coefficient (Wildman–Crippen LogP) is 1.81. The molecular weight excluding hydrogens is 236 g/mol. The molecule has 0 aliphatic carbocycles. The van der Waals surface area contributed by atoms with Crippen molar-refractivity contribution < 1.29 is 19.5 Å². The van der Waals surface area contributed by atoms with Crippen molar-refractivity contribution in [2.45, 2.75) is 52.2 Å². The Labute approximate surface area is 107 Å². The van der Waals surface area contributed by atoms with E-state index in [0.29, 0.717) is 18.7 Å². The maximum atomic E-state index is 11.8. The zero-order valence-corrected chi connectivity index (χ0v) is 11.3. The van der Waals surface area contributed by atoms with Crippen LogP contribution in [0.15, 0.2) is 5.16 Å². The van der Waals surface area contributed by atoms with Gasteiger partial charge in [0.15, 0.2) is 5.78 Å². The Morgan fingerprint density at radius 3 is 2.44 bits per heavy atom. The van der Waals surface area contributed by atoms with Crippen molar-refractivity contribution in [2.24, 2.45) is 5.16 Å². The van der Waals surface area contributed by atoms with Crippen LogP contribution in [0.5, 0.6) is 0 Å². The number of ketones is 1. The first-order chi connectivity index (χ1) is 8.24. The van der Waals surface area contributed by atoms with Crippen LogP contribution in [0, 0.1) is 0 Å². The molecule has 0 saturated carbocycles. The first-order valence-electron chi connectivity index (χ1n) is 5.94. The molecule has 1 aliphatic rings. The van der Waals surface area contributed by atoms with Crippen molar-refractivity contribution in [3.05, 3.63) is 0 Å². The van der Waals surface area contributed by atoms with E-state index in [2.05, 4.69) is 5.16 Å². The summed E-state index contributed by atoms with van der Waals surface area (Å²) in [5.41, 5.74) is -0.223. The van der Waals surface area contributed by atoms with E-state index in [4.69, 9.17) is 9.94 Å². The summed E-state index contributed by atoms with van der Waals surface area (Å²) in [5.74, 6) is -0.123. The highest BCUT2D eigenvalue weighted by molar-refractivity contribution is 6.04. The van der Waals surface area contributed by atoms with Gasteiger partial charge in [-0.3, -0.25) is 9.69 Å². The molecule has 102 valence electrons. The van der Waals surface area contributed by atoms with Crippen LogP contribution in [0.3, 0.4) is 0 Å². The smallest absolute Gasteiger partial charge is 0.410 e. The highest BCUT2D eigenvalue weighted by atomic mass is 16.6. The average Bonchev–Trinajstić information content (AvgIpc) is 2.11. The molecule has 1 saturated heterocycles. The summed E-state index contributed by atoms with van der Waals surface area (Å²) >= 11 is 0. The summed E-state index contributed by atoms with van der Waals surface area (Å²) in [5, 5.41) is 11.5. The molecule has 0 radical (unpaired) electrons. The molecular formula is C12H20N2O4. The van der Waals surface area contributed by atoms with Crippen molar-refractivity contribution in [3.63, 3.8) is 0 Å². The van der Waals surface area contributed by atoms with E-state index in [1.54, 1.807) is 27.7 Å². The molecule has 0 bridgehead atoms. The number of rotatable bonds is 3. The predicted molar refractivity (Wildman–Crippen MR) is 65.9 cm³/mol. The maximum Gasteiger partial charge on any atom is 0.410 e. The van der Waals surface area contributed by atoms with Gasteiger partial charge in [0.05, 0.1) is 11.8 Å². The van der Waals surface area contributed by atoms with Gasteiger partial charge in [0.1, 0.15) is 5.60 Å². The second-order valence-electron chi connectivity index (χ2n) is 5.46. The molecule has 6 heteroatoms. The molecule has 1 heterocycles. The van der Waals surface area contributed by atoms with Crippen LogP contribution >= 0.6 is 0 Å². The first kappa shape index (κ1) is 14.5. The van der Waals surface area contributed by atoms with Gasteiger partial charge < -0.3 is 9.94 Å². The van der Waals surface area contributed by atoms with E-state index < -0.39 is 17.7 Å². The van der Waals surface area contributed by atoms with Gasteiger partial charge in [-0.2, -0.15) is 0 Å². The Hall–Kier alpha value is -1.59. The number of hydrogen-bond donors (Lipinski definition) is 1. The lowest BCUT2D eigenvalue weighted by molar-refractivity contribution is -0.127. The molecule has 1 atom stereocenters. The molecule has 1 rings (SSSR count). The summed E-state index contributed by atoms with van der Waals surface area (Å²) in [7, 11) is 0. The van der Waals surface area contributed by atoms with E-state index in [1.807, 2.05) is 0 Å². The minimum Gasteiger partial charge on any atom is -0.444 e. The lowest BCUT2D eigenvalue weighted by Crippen LogP contribution is -2.56. The number of nitrogens with zero attached hydrogens (tertiary/aromatic N) is 2. The number of amides is 1. The summed E-state index contributed by atoms with van der Waals surface area (Å²) in [6, 6.07) is -0.448. The Balaban J connectivity index is 2.55. The van der Waals surface area contributed by atoms with E-state index in [-0.39, 0.29) is 12.2 Å². The summed E-state index contributed by atoms with van der Waals surface area (Å²) in [6.07, 6.45) is 0.225. The molecule has 1 unspecified atom stereocenters. The zero-order valence-electron chi connectivity index (χ0n) is 11.3. The Bertz CT molecular complexity index is 371. The first-order valence-corrected chi connectivity index (χ1v) is 5.94. The molecule has 1 amide bonds. The Morgan fingerprint density at radius 1 is 1.44 bits per heavy atom. The van der Waals surface area contributed by atoms with Crippen LogP contribution in [0.1, 0.15) is 40.5 Å². The number of ether oxygens (including phenoxy) is 1. The van der Waals surface area contributed by atoms with E-state index >= 15 is 0 Å². The molecule has 0 spiro atoms. The fourth-order valence-corrected chi connectivity index (χ4v) is 1.67. The quantitative estimate of drug-likeness (QED) is 0.474. The second kappa shape index (κ2) is 5.37. The summed E-state index contributed by atoms with van der Waals surface area (Å²) in [6.45, 7) is 7.44. The fraction of sp³-hybridized carbons (Fsp3) is 0.750. The SMILES string of the molecule is CC(CC(=O)C1CCN1C(=O)OC(C)(C)C)=NO. The number of Topliss-reactive ketones (excluding diaryl/α,β-unsaturated/α-hetero) is 1. The summed E-state index contributed by atoms with van der Waals surface area (Å²) < 4.78 is 5.21. The number of oxime groups is 1. The maximum absolute atomic E-state index is 11.8. The third-order valence-electron chi connectivity index (χ3n) is 2.62. The lowest BCUT2D eigenvalue weighted by Gasteiger charge is -2.40. The third kappa shape index (κ3) is 3.72. The van der Waals surface area contributed by atoms with Crippen molar-refractivity contribution in [1.29, 1.82) is 0 Å². The monoisotopic (exact) mass is 256 g/mol. The van der Waals surface area contributed by atoms with Crippen molar-refractivity contribution in [2.75, 3.05) is 6.54 Å². The van der Waals surface area contributed by atoms with Crippen molar-refractivity contribution in [3.8, 4) is 0 Å². The topological polar surface area (TPSA) is 79.2 Å². The Morgan fingerprint density at radius 2 is 2.06 bits per heavy atom. The number of carbonyl (C=O) groups excluding carboxylic acids is 2. The molecule has 1 fully saturated rings. The second-order valence-corrected chi connectivity index (χ2v) is 5.46. The van der Waals surface area contributed by atoms with Crippen LogP contribution in [0.25, 0.3) is 0 Å². The van der Waals surface area contributed by atoms with Crippen LogP contribution in [-0.2, 0) is 9.53 Å². The van der Waals surface area contributed by atoms with Gasteiger partial charge in [0.25, 0.3) is 0 Å². The van der Waals surface area contributed by atoms with Crippen LogP contribution in [0.2, 0.25) is 0 Å². The lowest BCUT2D eigenvalue weighted by atomic mass is 9.96. The van der Waals surface area contributed by atoms with Crippen molar-refractivity contribution >= 4 is 17.6 Å². The third-order valence-corrected chi connectivity index (χ3v) is 2.62. The normalized spacial score (nSPS) is 20.3. The summed E-state index contributed by atoms with van der Waals surface area (Å²) in [4.78, 5) is 25.0. The van der Waals surface area contributed by atoms with Gasteiger partial charge in [-0.25, -0.2) is 4.79 Å². The number of likely N-dealkylation sites (tertiary alicyclic amines) is 1. The molecule has 1 N–H and O–H groups in total. The van der Waals surface area contributed by atoms with Crippen LogP contribution in [0.4, 0.5) is 4.79 Å². The zero-order chi connectivity index (χ0) is 13.9. The molecule has 18 heavy (non-hydrogen) atoms. The molecule has 1 aliphatic heterocycles. The number of carbonyl (C=O) groups is 2. The number of hydrogen-bond acceptors (Lipinski definition) is 5. The van der Waals surface area contributed by atoms with Gasteiger partial charge in [0.2, 0.25) is 0 Å². The largest absolute Gasteiger partial charge is 0.444 e. The molecule has 0 aromatic carbocycles. The minimum absolute atomic E-state index is 0.0560. The van der Waals surface area contributed by atoms with Gasteiger partial charge in [-0.15, -0.1) is 0 Å². The molecule has 0 aromatic rings. The highest BCUT2D eigenvalue weighted by Gasteiger charge is 2.39. The average molecular weight is 256 g/mol. The highest BCUT2D eigenvalue weighted by Crippen LogP contribution is 2.22. The molecule has 6 nitrogen and oxygen atoms in total. The van der Waals surface area contributed by atoms with Gasteiger partial charge >= 0.3 is 6.09 Å². The molecule has 0 aromatic heterocycles. The van der Waals surface area contributed by atoms with Crippen LogP contribution < -0.4 is 0 Å². The van der Waals surface area contributed by atoms with Gasteiger partial charge in [0, 0.05) is 13.0 Å². The van der Waals surface area contributed by atoms with E-state index in [0.717, 1.165) is 0 Å². The van der Waals surface area contributed by atoms with E-state index in [9.17, 15) is 9.59 Å². The van der Waals surface area contributed by atoms with E-state index in [1.165, 1.54) is 4.90 Å². The fourth-order valence-electron chi connectivity index (χ4n) is 1.67. The van der Waals surface area contributed by atoms with Crippen LogP contribution in [-0.4, -0.2) is 45.9 Å². The van der Waals surface area contributed by atoms with Gasteiger partial charge in [-0.1, -0.05) is 5.16 Å². The van der Waals surface area contributed by atoms with Crippen molar-refractivity contribution in [1.82, 2.24) is 4.90 Å². The standard InChI is InChI=1S/C12H20N2O4/c1-8(13-17)7-10(15)9-5-6-14(9)11(16)18-12(2,3)4/h9,17H,5-7H2,1-4H3. The van der Waals surface area contributed by atoms with Gasteiger partial charge in [-0.05, 0) is 34.1 Å². The minimum atomic E-state index is -0.567. The Kier molecular flexibility index (Phi) is 4.32.